The molecule has 122 valence electrons. The summed E-state index contributed by atoms with van der Waals surface area (Å²) in [6, 6.07) is 0.875. The highest BCUT2D eigenvalue weighted by Crippen LogP contribution is 2.22. The number of ether oxygens (including phenoxy) is 1. The molecule has 0 aromatic heterocycles. The van der Waals surface area contributed by atoms with E-state index in [0.29, 0.717) is 25.2 Å². The third kappa shape index (κ3) is 5.93. The van der Waals surface area contributed by atoms with Crippen LogP contribution in [0.3, 0.4) is 0 Å². The zero-order valence-corrected chi connectivity index (χ0v) is 13.2. The second-order valence-corrected chi connectivity index (χ2v) is 6.36. The van der Waals surface area contributed by atoms with E-state index in [2.05, 4.69) is 10.2 Å². The first kappa shape index (κ1) is 16.7. The summed E-state index contributed by atoms with van der Waals surface area (Å²) in [4.78, 5) is 14.7. The van der Waals surface area contributed by atoms with E-state index in [-0.39, 0.29) is 5.91 Å². The summed E-state index contributed by atoms with van der Waals surface area (Å²) in [5.41, 5.74) is 5.65. The zero-order valence-electron chi connectivity index (χ0n) is 13.2. The van der Waals surface area contributed by atoms with Crippen molar-refractivity contribution >= 4 is 5.91 Å². The van der Waals surface area contributed by atoms with Gasteiger partial charge in [0.25, 0.3) is 0 Å². The SMILES string of the molecule is NCCCN(CC(=O)NC1CCOCC1)C1CCCCC1. The second kappa shape index (κ2) is 9.38. The third-order valence-corrected chi connectivity index (χ3v) is 4.67. The monoisotopic (exact) mass is 297 g/mol. The van der Waals surface area contributed by atoms with E-state index in [9.17, 15) is 4.79 Å². The lowest BCUT2D eigenvalue weighted by Crippen LogP contribution is -2.48. The maximum atomic E-state index is 12.3. The first-order chi connectivity index (χ1) is 10.3. The topological polar surface area (TPSA) is 67.6 Å². The molecule has 5 heteroatoms. The third-order valence-electron chi connectivity index (χ3n) is 4.67. The van der Waals surface area contributed by atoms with Crippen molar-refractivity contribution < 1.29 is 9.53 Å². The van der Waals surface area contributed by atoms with Crippen LogP contribution in [0.2, 0.25) is 0 Å². The predicted molar refractivity (Wildman–Crippen MR) is 84.1 cm³/mol. The van der Waals surface area contributed by atoms with E-state index in [1.54, 1.807) is 0 Å². The molecule has 0 bridgehead atoms. The molecule has 1 saturated carbocycles. The standard InChI is InChI=1S/C16H31N3O2/c17-9-4-10-19(15-5-2-1-3-6-15)13-16(20)18-14-7-11-21-12-8-14/h14-15H,1-13,17H2,(H,18,20). The van der Waals surface area contributed by atoms with Crippen LogP contribution in [0, 0.1) is 0 Å². The van der Waals surface area contributed by atoms with Gasteiger partial charge in [0.15, 0.2) is 0 Å². The van der Waals surface area contributed by atoms with Crippen LogP contribution >= 0.6 is 0 Å². The van der Waals surface area contributed by atoms with Crippen LogP contribution < -0.4 is 11.1 Å². The van der Waals surface area contributed by atoms with Crippen molar-refractivity contribution in [3.63, 3.8) is 0 Å². The van der Waals surface area contributed by atoms with Crippen LogP contribution in [0.5, 0.6) is 0 Å². The zero-order chi connectivity index (χ0) is 14.9. The lowest BCUT2D eigenvalue weighted by atomic mass is 9.94. The molecule has 0 spiro atoms. The molecule has 5 nitrogen and oxygen atoms in total. The lowest BCUT2D eigenvalue weighted by molar-refractivity contribution is -0.124. The summed E-state index contributed by atoms with van der Waals surface area (Å²) in [6.07, 6.45) is 9.26. The first-order valence-electron chi connectivity index (χ1n) is 8.61. The number of nitrogens with two attached hydrogens (primary N) is 1. The minimum atomic E-state index is 0.171. The van der Waals surface area contributed by atoms with Gasteiger partial charge in [0, 0.05) is 31.8 Å². The van der Waals surface area contributed by atoms with E-state index in [1.165, 1.54) is 32.1 Å². The Labute approximate surface area is 128 Å². The van der Waals surface area contributed by atoms with Crippen molar-refractivity contribution in [2.75, 3.05) is 32.8 Å². The number of hydrogen-bond donors (Lipinski definition) is 2. The maximum absolute atomic E-state index is 12.3. The quantitative estimate of drug-likeness (QED) is 0.742. The molecule has 0 radical (unpaired) electrons. The molecule has 21 heavy (non-hydrogen) atoms. The van der Waals surface area contributed by atoms with E-state index >= 15 is 0 Å². The summed E-state index contributed by atoms with van der Waals surface area (Å²) in [6.45, 7) is 3.71. The minimum absolute atomic E-state index is 0.171. The fourth-order valence-electron chi connectivity index (χ4n) is 3.43. The molecular weight excluding hydrogens is 266 g/mol. The summed E-state index contributed by atoms with van der Waals surface area (Å²) in [5.74, 6) is 0.171. The highest BCUT2D eigenvalue weighted by molar-refractivity contribution is 5.78. The number of nitrogens with one attached hydrogen (secondary N) is 1. The van der Waals surface area contributed by atoms with Gasteiger partial charge in [-0.3, -0.25) is 9.69 Å². The van der Waals surface area contributed by atoms with Gasteiger partial charge in [-0.05, 0) is 38.6 Å². The van der Waals surface area contributed by atoms with Gasteiger partial charge in [0.05, 0.1) is 6.54 Å². The second-order valence-electron chi connectivity index (χ2n) is 6.36. The molecule has 0 atom stereocenters. The van der Waals surface area contributed by atoms with Crippen LogP contribution in [-0.4, -0.2) is 55.7 Å². The molecule has 3 N–H and O–H groups in total. The Morgan fingerprint density at radius 2 is 1.86 bits per heavy atom. The highest BCUT2D eigenvalue weighted by atomic mass is 16.5. The molecule has 0 aromatic carbocycles. The summed E-state index contributed by atoms with van der Waals surface area (Å²) < 4.78 is 5.34. The maximum Gasteiger partial charge on any atom is 0.234 e. The summed E-state index contributed by atoms with van der Waals surface area (Å²) in [5, 5.41) is 3.17. The van der Waals surface area contributed by atoms with Gasteiger partial charge in [-0.2, -0.15) is 0 Å². The smallest absolute Gasteiger partial charge is 0.234 e. The molecule has 2 rings (SSSR count). The Morgan fingerprint density at radius 3 is 2.52 bits per heavy atom. The predicted octanol–water partition coefficient (Wildman–Crippen LogP) is 1.27. The average molecular weight is 297 g/mol. The Kier molecular flexibility index (Phi) is 7.47. The van der Waals surface area contributed by atoms with Gasteiger partial charge in [-0.1, -0.05) is 19.3 Å². The molecule has 2 aliphatic rings. The fraction of sp³-hybridized carbons (Fsp3) is 0.938. The molecule has 1 amide bonds. The number of carbonyl (C=O) groups excluding carboxylic acids is 1. The molecule has 2 fully saturated rings. The summed E-state index contributed by atoms with van der Waals surface area (Å²) >= 11 is 0. The number of amides is 1. The first-order valence-corrected chi connectivity index (χ1v) is 8.61. The van der Waals surface area contributed by atoms with Gasteiger partial charge >= 0.3 is 0 Å². The van der Waals surface area contributed by atoms with Crippen LogP contribution in [-0.2, 0) is 9.53 Å². The summed E-state index contributed by atoms with van der Waals surface area (Å²) in [7, 11) is 0. The minimum Gasteiger partial charge on any atom is -0.381 e. The lowest BCUT2D eigenvalue weighted by Gasteiger charge is -2.34. The van der Waals surface area contributed by atoms with E-state index in [4.69, 9.17) is 10.5 Å². The Hall–Kier alpha value is -0.650. The average Bonchev–Trinajstić information content (AvgIpc) is 2.53. The molecule has 0 aromatic rings. The largest absolute Gasteiger partial charge is 0.381 e. The van der Waals surface area contributed by atoms with E-state index < -0.39 is 0 Å². The van der Waals surface area contributed by atoms with E-state index in [0.717, 1.165) is 39.0 Å². The number of hydrogen-bond acceptors (Lipinski definition) is 4. The van der Waals surface area contributed by atoms with Crippen molar-refractivity contribution in [1.29, 1.82) is 0 Å². The van der Waals surface area contributed by atoms with Crippen LogP contribution in [0.4, 0.5) is 0 Å². The molecule has 1 aliphatic carbocycles. The Bertz CT molecular complexity index is 300. The molecule has 1 heterocycles. The Morgan fingerprint density at radius 1 is 1.14 bits per heavy atom. The molecule has 1 saturated heterocycles. The molecular formula is C16H31N3O2. The van der Waals surface area contributed by atoms with Gasteiger partial charge in [0.2, 0.25) is 5.91 Å². The van der Waals surface area contributed by atoms with E-state index in [1.807, 2.05) is 0 Å². The highest BCUT2D eigenvalue weighted by Gasteiger charge is 2.24. The van der Waals surface area contributed by atoms with Crippen molar-refractivity contribution in [1.82, 2.24) is 10.2 Å². The fourth-order valence-corrected chi connectivity index (χ4v) is 3.43. The Balaban J connectivity index is 1.79. The van der Waals surface area contributed by atoms with Gasteiger partial charge in [-0.15, -0.1) is 0 Å². The van der Waals surface area contributed by atoms with Gasteiger partial charge in [0.1, 0.15) is 0 Å². The normalized spacial score (nSPS) is 21.6. The van der Waals surface area contributed by atoms with Crippen molar-refractivity contribution in [3.8, 4) is 0 Å². The van der Waals surface area contributed by atoms with Gasteiger partial charge < -0.3 is 15.8 Å². The van der Waals surface area contributed by atoms with Crippen molar-refractivity contribution in [2.24, 2.45) is 5.73 Å². The van der Waals surface area contributed by atoms with Crippen molar-refractivity contribution in [3.05, 3.63) is 0 Å². The van der Waals surface area contributed by atoms with Gasteiger partial charge in [-0.25, -0.2) is 0 Å². The number of rotatable bonds is 7. The molecule has 1 aliphatic heterocycles. The van der Waals surface area contributed by atoms with Crippen LogP contribution in [0.15, 0.2) is 0 Å². The van der Waals surface area contributed by atoms with Crippen LogP contribution in [0.1, 0.15) is 51.4 Å². The van der Waals surface area contributed by atoms with Crippen LogP contribution in [0.25, 0.3) is 0 Å². The number of carbonyl (C=O) groups is 1. The van der Waals surface area contributed by atoms with Crippen molar-refractivity contribution in [2.45, 2.75) is 63.5 Å². The number of nitrogens with zero attached hydrogens (tertiary/aromatic N) is 1. The molecule has 0 unspecified atom stereocenters.